The quantitative estimate of drug-likeness (QED) is 0.713. The van der Waals surface area contributed by atoms with E-state index in [9.17, 15) is 4.79 Å². The molecule has 6 nitrogen and oxygen atoms in total. The van der Waals surface area contributed by atoms with Gasteiger partial charge in [-0.25, -0.2) is 4.98 Å². The Morgan fingerprint density at radius 3 is 2.96 bits per heavy atom. The number of para-hydroxylation sites is 1. The highest BCUT2D eigenvalue weighted by Gasteiger charge is 2.25. The molecule has 3 aromatic rings. The first-order valence-electron chi connectivity index (χ1n) is 9.36. The third kappa shape index (κ3) is 2.57. The molecule has 1 aliphatic carbocycles. The van der Waals surface area contributed by atoms with E-state index in [4.69, 9.17) is 0 Å². The number of hydrogen-bond donors (Lipinski definition) is 0. The minimum Gasteiger partial charge on any atom is -0.353 e. The Hall–Kier alpha value is -2.76. The lowest BCUT2D eigenvalue weighted by atomic mass is 10.0. The molecule has 0 bridgehead atoms. The van der Waals surface area contributed by atoms with Gasteiger partial charge in [0, 0.05) is 13.1 Å². The summed E-state index contributed by atoms with van der Waals surface area (Å²) in [5, 5.41) is 9.55. The van der Waals surface area contributed by atoms with E-state index in [1.807, 2.05) is 24.3 Å². The van der Waals surface area contributed by atoms with Crippen LogP contribution in [0.2, 0.25) is 0 Å². The highest BCUT2D eigenvalue weighted by Crippen LogP contribution is 2.27. The lowest BCUT2D eigenvalue weighted by Crippen LogP contribution is -2.40. The Morgan fingerprint density at radius 2 is 2.00 bits per heavy atom. The van der Waals surface area contributed by atoms with Crippen LogP contribution in [0.5, 0.6) is 0 Å². The zero-order valence-electron chi connectivity index (χ0n) is 14.6. The number of fused-ring (bicyclic) bond motifs is 2. The van der Waals surface area contributed by atoms with E-state index in [2.05, 4.69) is 26.1 Å². The highest BCUT2D eigenvalue weighted by atomic mass is 16.1. The second-order valence-electron chi connectivity index (χ2n) is 7.24. The predicted octanol–water partition coefficient (Wildman–Crippen LogP) is 2.52. The summed E-state index contributed by atoms with van der Waals surface area (Å²) >= 11 is 0. The smallest absolute Gasteiger partial charge is 0.261 e. The molecule has 26 heavy (non-hydrogen) atoms. The predicted molar refractivity (Wildman–Crippen MR) is 101 cm³/mol. The van der Waals surface area contributed by atoms with Crippen molar-refractivity contribution in [1.82, 2.24) is 19.7 Å². The summed E-state index contributed by atoms with van der Waals surface area (Å²) in [6.45, 7) is 1.73. The van der Waals surface area contributed by atoms with Crippen LogP contribution >= 0.6 is 0 Å². The minimum absolute atomic E-state index is 0.0440. The maximum Gasteiger partial charge on any atom is 0.261 e. The van der Waals surface area contributed by atoms with Crippen molar-refractivity contribution in [2.75, 3.05) is 18.0 Å². The van der Waals surface area contributed by atoms with Crippen LogP contribution in [-0.2, 0) is 12.8 Å². The molecule has 1 saturated heterocycles. The molecule has 5 rings (SSSR count). The van der Waals surface area contributed by atoms with Gasteiger partial charge in [-0.05, 0) is 55.9 Å². The molecule has 1 aliphatic heterocycles. The normalized spacial score (nSPS) is 19.7. The van der Waals surface area contributed by atoms with Crippen molar-refractivity contribution in [2.45, 2.75) is 38.1 Å². The van der Waals surface area contributed by atoms with Crippen LogP contribution in [0.4, 0.5) is 5.82 Å². The third-order valence-electron chi connectivity index (χ3n) is 5.61. The fourth-order valence-electron chi connectivity index (χ4n) is 4.20. The molecule has 3 heterocycles. The standard InChI is InChI=1S/C20H21N5O/c26-20-16-7-1-2-8-18(16)21-13-25(20)15-6-4-10-24(12-15)19-11-14-5-3-9-17(14)22-23-19/h1-2,7-8,11,13,15H,3-6,9-10,12H2. The van der Waals surface area contributed by atoms with Crippen LogP contribution in [0, 0.1) is 0 Å². The molecule has 0 amide bonds. The molecule has 132 valence electrons. The lowest BCUT2D eigenvalue weighted by Gasteiger charge is -2.34. The first kappa shape index (κ1) is 15.5. The van der Waals surface area contributed by atoms with E-state index in [1.165, 1.54) is 12.0 Å². The molecule has 1 atom stereocenters. The van der Waals surface area contributed by atoms with Crippen molar-refractivity contribution in [3.63, 3.8) is 0 Å². The maximum atomic E-state index is 12.9. The summed E-state index contributed by atoms with van der Waals surface area (Å²) in [6.07, 6.45) is 7.03. The summed E-state index contributed by atoms with van der Waals surface area (Å²) < 4.78 is 1.80. The van der Waals surface area contributed by atoms with Gasteiger partial charge in [0.25, 0.3) is 5.56 Å². The molecule has 0 radical (unpaired) electrons. The topological polar surface area (TPSA) is 63.9 Å². The number of aromatic nitrogens is 4. The summed E-state index contributed by atoms with van der Waals surface area (Å²) in [5.74, 6) is 0.942. The number of anilines is 1. The fraction of sp³-hybridized carbons (Fsp3) is 0.400. The van der Waals surface area contributed by atoms with Crippen LogP contribution in [0.3, 0.4) is 0 Å². The van der Waals surface area contributed by atoms with Crippen molar-refractivity contribution in [1.29, 1.82) is 0 Å². The number of aryl methyl sites for hydroxylation is 2. The molecule has 2 aromatic heterocycles. The molecule has 0 spiro atoms. The molecule has 1 unspecified atom stereocenters. The summed E-state index contributed by atoms with van der Waals surface area (Å²) in [7, 11) is 0. The van der Waals surface area contributed by atoms with Gasteiger partial charge in [-0.1, -0.05) is 12.1 Å². The van der Waals surface area contributed by atoms with E-state index in [0.717, 1.165) is 55.8 Å². The monoisotopic (exact) mass is 347 g/mol. The number of hydrogen-bond acceptors (Lipinski definition) is 5. The second-order valence-corrected chi connectivity index (χ2v) is 7.24. The number of benzene rings is 1. The van der Waals surface area contributed by atoms with Crippen molar-refractivity contribution in [3.05, 3.63) is 58.3 Å². The molecular weight excluding hydrogens is 326 g/mol. The Balaban J connectivity index is 1.46. The first-order valence-corrected chi connectivity index (χ1v) is 9.36. The van der Waals surface area contributed by atoms with Crippen molar-refractivity contribution >= 4 is 16.7 Å². The number of nitrogens with zero attached hydrogens (tertiary/aromatic N) is 5. The zero-order chi connectivity index (χ0) is 17.5. The molecule has 6 heteroatoms. The molecule has 0 N–H and O–H groups in total. The number of rotatable bonds is 2. The number of piperidine rings is 1. The minimum atomic E-state index is 0.0440. The van der Waals surface area contributed by atoms with Gasteiger partial charge in [0.2, 0.25) is 0 Å². The van der Waals surface area contributed by atoms with Crippen LogP contribution in [-0.4, -0.2) is 32.8 Å². The van der Waals surface area contributed by atoms with Gasteiger partial charge >= 0.3 is 0 Å². The zero-order valence-corrected chi connectivity index (χ0v) is 14.6. The SMILES string of the molecule is O=c1c2ccccc2ncn1C1CCCN(c2cc3c(nn2)CCC3)C1. The molecule has 1 fully saturated rings. The van der Waals surface area contributed by atoms with Gasteiger partial charge in [0.1, 0.15) is 0 Å². The van der Waals surface area contributed by atoms with E-state index in [1.54, 1.807) is 10.9 Å². The van der Waals surface area contributed by atoms with E-state index in [-0.39, 0.29) is 11.6 Å². The van der Waals surface area contributed by atoms with Gasteiger partial charge in [0.15, 0.2) is 5.82 Å². The van der Waals surface area contributed by atoms with E-state index >= 15 is 0 Å². The molecular formula is C20H21N5O. The van der Waals surface area contributed by atoms with Crippen molar-refractivity contribution in [3.8, 4) is 0 Å². The van der Waals surface area contributed by atoms with Crippen LogP contribution in [0.25, 0.3) is 10.9 Å². The Morgan fingerprint density at radius 1 is 1.08 bits per heavy atom. The fourth-order valence-corrected chi connectivity index (χ4v) is 4.20. The van der Waals surface area contributed by atoms with Gasteiger partial charge < -0.3 is 4.90 Å². The molecule has 2 aliphatic rings. The second kappa shape index (κ2) is 6.20. The Labute approximate surface area is 151 Å². The summed E-state index contributed by atoms with van der Waals surface area (Å²) in [5.41, 5.74) is 3.28. The van der Waals surface area contributed by atoms with Gasteiger partial charge in [-0.3, -0.25) is 9.36 Å². The van der Waals surface area contributed by atoms with E-state index < -0.39 is 0 Å². The van der Waals surface area contributed by atoms with Crippen LogP contribution in [0.15, 0.2) is 41.5 Å². The highest BCUT2D eigenvalue weighted by molar-refractivity contribution is 5.76. The van der Waals surface area contributed by atoms with Gasteiger partial charge in [-0.15, -0.1) is 5.10 Å². The maximum absolute atomic E-state index is 12.9. The Kier molecular flexibility index (Phi) is 3.69. The average molecular weight is 347 g/mol. The van der Waals surface area contributed by atoms with Gasteiger partial charge in [-0.2, -0.15) is 5.10 Å². The lowest BCUT2D eigenvalue weighted by molar-refractivity contribution is 0.393. The van der Waals surface area contributed by atoms with Crippen LogP contribution in [0.1, 0.15) is 36.6 Å². The molecule has 0 saturated carbocycles. The largest absolute Gasteiger partial charge is 0.353 e. The van der Waals surface area contributed by atoms with Crippen molar-refractivity contribution in [2.24, 2.45) is 0 Å². The third-order valence-corrected chi connectivity index (χ3v) is 5.61. The van der Waals surface area contributed by atoms with Gasteiger partial charge in [0.05, 0.1) is 29.0 Å². The molecule has 1 aromatic carbocycles. The average Bonchev–Trinajstić information content (AvgIpc) is 3.16. The van der Waals surface area contributed by atoms with E-state index in [0.29, 0.717) is 5.39 Å². The van der Waals surface area contributed by atoms with Crippen LogP contribution < -0.4 is 10.5 Å². The van der Waals surface area contributed by atoms with Crippen molar-refractivity contribution < 1.29 is 0 Å². The summed E-state index contributed by atoms with van der Waals surface area (Å²) in [4.78, 5) is 19.6. The Bertz CT molecular complexity index is 1030. The summed E-state index contributed by atoms with van der Waals surface area (Å²) in [6, 6.07) is 9.85. The first-order chi connectivity index (χ1) is 12.8.